The number of benzene rings is 2. The molecule has 0 N–H and O–H groups in total. The van der Waals surface area contributed by atoms with Gasteiger partial charge in [-0.05, 0) is 49.2 Å². The highest BCUT2D eigenvalue weighted by Gasteiger charge is 2.17. The molecule has 0 heterocycles. The van der Waals surface area contributed by atoms with E-state index in [-0.39, 0.29) is 0 Å². The van der Waals surface area contributed by atoms with Gasteiger partial charge in [-0.2, -0.15) is 0 Å². The zero-order valence-corrected chi connectivity index (χ0v) is 20.0. The molecule has 0 atom stereocenters. The summed E-state index contributed by atoms with van der Waals surface area (Å²) in [7, 11) is 2.03. The summed E-state index contributed by atoms with van der Waals surface area (Å²) in [4.78, 5) is 0. The molecule has 0 aliphatic carbocycles. The van der Waals surface area contributed by atoms with Crippen LogP contribution in [0.5, 0.6) is 11.5 Å². The average Bonchev–Trinajstić information content (AvgIpc) is 2.60. The molecule has 0 spiro atoms. The second-order valence-electron chi connectivity index (χ2n) is 7.24. The predicted octanol–water partition coefficient (Wildman–Crippen LogP) is 5.26. The average molecular weight is 455 g/mol. The highest BCUT2D eigenvalue weighted by Crippen LogP contribution is 2.22. The third-order valence-electron chi connectivity index (χ3n) is 3.84. The van der Waals surface area contributed by atoms with Crippen LogP contribution in [0.25, 0.3) is 0 Å². The maximum absolute atomic E-state index is 5.45. The van der Waals surface area contributed by atoms with Gasteiger partial charge in [-0.25, -0.2) is 0 Å². The van der Waals surface area contributed by atoms with Gasteiger partial charge >= 0.3 is 0 Å². The van der Waals surface area contributed by atoms with Gasteiger partial charge in [-0.1, -0.05) is 52.9 Å². The topological polar surface area (TPSA) is 36.9 Å². The van der Waals surface area contributed by atoms with E-state index in [9.17, 15) is 0 Å². The Balaban J connectivity index is 0.000000277. The smallest absolute Gasteiger partial charge is 0.188 e. The summed E-state index contributed by atoms with van der Waals surface area (Å²) in [5.74, 6) is 1.78. The van der Waals surface area contributed by atoms with Crippen molar-refractivity contribution in [2.75, 3.05) is 27.8 Å². The number of hydrogen-bond donors (Lipinski definition) is 0. The van der Waals surface area contributed by atoms with Gasteiger partial charge in [-0.3, -0.25) is 0 Å². The lowest BCUT2D eigenvalue weighted by Gasteiger charge is -2.18. The first-order valence-corrected chi connectivity index (χ1v) is 13.1. The monoisotopic (exact) mass is 454 g/mol. The van der Waals surface area contributed by atoms with Crippen molar-refractivity contribution in [1.82, 2.24) is 0 Å². The summed E-state index contributed by atoms with van der Waals surface area (Å²) in [6.45, 7) is 11.7. The second-order valence-corrected chi connectivity index (χ2v) is 13.2. The first kappa shape index (κ1) is 23.7. The fourth-order valence-corrected chi connectivity index (χ4v) is 4.01. The lowest BCUT2D eigenvalue weighted by atomic mass is 10.2. The van der Waals surface area contributed by atoms with Crippen molar-refractivity contribution < 1.29 is 18.9 Å². The molecule has 27 heavy (non-hydrogen) atoms. The van der Waals surface area contributed by atoms with E-state index in [4.69, 9.17) is 18.9 Å². The molecule has 4 nitrogen and oxygen atoms in total. The normalized spacial score (nSPS) is 10.8. The molecular weight excluding hydrogens is 424 g/mol. The lowest BCUT2D eigenvalue weighted by molar-refractivity contribution is 0.0505. The quantitative estimate of drug-likeness (QED) is 0.422. The number of ether oxygens (including phenoxy) is 4. The standard InChI is InChI=1S/C12H20O2Si.C9H11BrO2/c1-10-8-11(15(3,4)5)6-7-12(10)14-9-13-2;1-7-5-8(10)3-4-9(7)12-6-11-2/h6-8H,9H2,1-5H3;3-5H,6H2,1-2H3. The summed E-state index contributed by atoms with van der Waals surface area (Å²) >= 11 is 3.38. The SMILES string of the molecule is COCOc1ccc(Br)cc1C.COCOc1ccc([Si](C)(C)C)cc1C. The van der Waals surface area contributed by atoms with Crippen molar-refractivity contribution in [3.05, 3.63) is 52.0 Å². The van der Waals surface area contributed by atoms with Crippen molar-refractivity contribution in [1.29, 1.82) is 0 Å². The van der Waals surface area contributed by atoms with Crippen LogP contribution >= 0.6 is 15.9 Å². The Morgan fingerprint density at radius 1 is 0.778 bits per heavy atom. The molecule has 2 aromatic carbocycles. The Bertz CT molecular complexity index is 714. The Kier molecular flexibility index (Phi) is 10.1. The molecule has 0 radical (unpaired) electrons. The summed E-state index contributed by atoms with van der Waals surface area (Å²) in [5.41, 5.74) is 2.29. The van der Waals surface area contributed by atoms with Gasteiger partial charge in [0.15, 0.2) is 13.6 Å². The number of rotatable bonds is 7. The molecule has 150 valence electrons. The molecular formula is C21H31BrO4Si. The van der Waals surface area contributed by atoms with Gasteiger partial charge in [0.25, 0.3) is 0 Å². The molecule has 0 bridgehead atoms. The van der Waals surface area contributed by atoms with Crippen LogP contribution in [-0.2, 0) is 9.47 Å². The Morgan fingerprint density at radius 2 is 1.26 bits per heavy atom. The van der Waals surface area contributed by atoms with Crippen molar-refractivity contribution in [2.24, 2.45) is 0 Å². The highest BCUT2D eigenvalue weighted by molar-refractivity contribution is 9.10. The van der Waals surface area contributed by atoms with Crippen LogP contribution in [0, 0.1) is 13.8 Å². The molecule has 0 amide bonds. The van der Waals surface area contributed by atoms with E-state index in [2.05, 4.69) is 54.6 Å². The molecule has 2 aromatic rings. The largest absolute Gasteiger partial charge is 0.467 e. The summed E-state index contributed by atoms with van der Waals surface area (Å²) < 4.78 is 21.5. The molecule has 2 rings (SSSR count). The Labute approximate surface area is 172 Å². The number of halogens is 1. The van der Waals surface area contributed by atoms with Gasteiger partial charge < -0.3 is 18.9 Å². The summed E-state index contributed by atoms with van der Waals surface area (Å²) in [6, 6.07) is 12.3. The van der Waals surface area contributed by atoms with E-state index in [1.54, 1.807) is 14.2 Å². The lowest BCUT2D eigenvalue weighted by Crippen LogP contribution is -2.37. The van der Waals surface area contributed by atoms with Crippen LogP contribution in [-0.4, -0.2) is 35.9 Å². The first-order chi connectivity index (χ1) is 12.7. The predicted molar refractivity (Wildman–Crippen MR) is 118 cm³/mol. The number of methoxy groups -OCH3 is 2. The molecule has 0 fully saturated rings. The van der Waals surface area contributed by atoms with Gasteiger partial charge in [0.1, 0.15) is 11.5 Å². The van der Waals surface area contributed by atoms with Crippen LogP contribution in [0.3, 0.4) is 0 Å². The second kappa shape index (κ2) is 11.5. The molecule has 0 unspecified atom stereocenters. The number of hydrogen-bond acceptors (Lipinski definition) is 4. The van der Waals surface area contributed by atoms with Crippen molar-refractivity contribution >= 4 is 29.2 Å². The highest BCUT2D eigenvalue weighted by atomic mass is 79.9. The molecule has 6 heteroatoms. The van der Waals surface area contributed by atoms with Gasteiger partial charge in [0, 0.05) is 18.7 Å². The fraction of sp³-hybridized carbons (Fsp3) is 0.429. The van der Waals surface area contributed by atoms with Crippen LogP contribution in [0.2, 0.25) is 19.6 Å². The third-order valence-corrected chi connectivity index (χ3v) is 6.38. The molecule has 0 aliphatic heterocycles. The van der Waals surface area contributed by atoms with E-state index in [1.807, 2.05) is 31.2 Å². The minimum absolute atomic E-state index is 0.294. The molecule has 0 aromatic heterocycles. The van der Waals surface area contributed by atoms with Gasteiger partial charge in [-0.15, -0.1) is 0 Å². The molecule has 0 aliphatic rings. The van der Waals surface area contributed by atoms with Crippen LogP contribution < -0.4 is 14.7 Å². The summed E-state index contributed by atoms with van der Waals surface area (Å²) in [6.07, 6.45) is 0. The maximum Gasteiger partial charge on any atom is 0.188 e. The van der Waals surface area contributed by atoms with E-state index in [0.717, 1.165) is 21.5 Å². The number of aryl methyl sites for hydroxylation is 2. The summed E-state index contributed by atoms with van der Waals surface area (Å²) in [5, 5.41) is 1.46. The Hall–Kier alpha value is -1.34. The van der Waals surface area contributed by atoms with E-state index < -0.39 is 8.07 Å². The minimum atomic E-state index is -1.21. The zero-order valence-electron chi connectivity index (χ0n) is 17.4. The van der Waals surface area contributed by atoms with Crippen molar-refractivity contribution in [3.63, 3.8) is 0 Å². The van der Waals surface area contributed by atoms with Crippen molar-refractivity contribution in [2.45, 2.75) is 33.5 Å². The fourth-order valence-electron chi connectivity index (χ4n) is 2.30. The van der Waals surface area contributed by atoms with Crippen LogP contribution in [0.1, 0.15) is 11.1 Å². The van der Waals surface area contributed by atoms with Gasteiger partial charge in [0.05, 0.1) is 8.07 Å². The third kappa shape index (κ3) is 8.47. The van der Waals surface area contributed by atoms with E-state index in [1.165, 1.54) is 10.8 Å². The van der Waals surface area contributed by atoms with Gasteiger partial charge in [0.2, 0.25) is 0 Å². The maximum atomic E-state index is 5.45. The van der Waals surface area contributed by atoms with E-state index in [0.29, 0.717) is 13.6 Å². The van der Waals surface area contributed by atoms with Crippen LogP contribution in [0.15, 0.2) is 40.9 Å². The molecule has 0 saturated heterocycles. The zero-order chi connectivity index (χ0) is 20.4. The van der Waals surface area contributed by atoms with Crippen LogP contribution in [0.4, 0.5) is 0 Å². The molecule has 0 saturated carbocycles. The minimum Gasteiger partial charge on any atom is -0.467 e. The van der Waals surface area contributed by atoms with E-state index >= 15 is 0 Å². The first-order valence-electron chi connectivity index (χ1n) is 8.79. The Morgan fingerprint density at radius 3 is 1.67 bits per heavy atom. The van der Waals surface area contributed by atoms with Crippen molar-refractivity contribution in [3.8, 4) is 11.5 Å².